The number of alkyl halides is 3. The van der Waals surface area contributed by atoms with Crippen molar-refractivity contribution in [2.45, 2.75) is 82.7 Å². The minimum absolute atomic E-state index is 0.0217. The first-order valence-electron chi connectivity index (χ1n) is 22.0. The number of hydrogen-bond acceptors (Lipinski definition) is 9. The first-order valence-corrected chi connectivity index (χ1v) is 22.0. The van der Waals surface area contributed by atoms with Gasteiger partial charge in [-0.15, -0.1) is 0 Å². The number of anilines is 2. The van der Waals surface area contributed by atoms with Crippen molar-refractivity contribution in [2.75, 3.05) is 75.2 Å². The quantitative estimate of drug-likeness (QED) is 0.130. The second-order valence-electron chi connectivity index (χ2n) is 17.0. The first-order chi connectivity index (χ1) is 30.0. The van der Waals surface area contributed by atoms with Crippen molar-refractivity contribution in [1.82, 2.24) is 29.6 Å². The van der Waals surface area contributed by atoms with Crippen LogP contribution in [0.5, 0.6) is 0 Å². The molecule has 0 bridgehead atoms. The molecule has 328 valence electrons. The fourth-order valence-electron chi connectivity index (χ4n) is 8.95. The summed E-state index contributed by atoms with van der Waals surface area (Å²) in [7, 11) is 0. The molecule has 14 heteroatoms. The molecule has 0 atom stereocenters. The van der Waals surface area contributed by atoms with Crippen LogP contribution < -0.4 is 9.80 Å². The number of hydrogen-bond donors (Lipinski definition) is 0. The van der Waals surface area contributed by atoms with Gasteiger partial charge in [0, 0.05) is 115 Å². The number of rotatable bonds is 14. The number of aromatic nitrogens is 2. The summed E-state index contributed by atoms with van der Waals surface area (Å²) < 4.78 is 40.8. The van der Waals surface area contributed by atoms with Crippen LogP contribution in [-0.4, -0.2) is 118 Å². The van der Waals surface area contributed by atoms with Crippen LogP contribution in [-0.2, 0) is 28.9 Å². The van der Waals surface area contributed by atoms with Crippen molar-refractivity contribution < 1.29 is 22.8 Å². The molecular formula is C48H58F3N9O2. The largest absolute Gasteiger partial charge is 0.419 e. The molecule has 4 aromatic rings. The molecule has 2 aliphatic heterocycles. The highest BCUT2D eigenvalue weighted by atomic mass is 19.4. The Hall–Kier alpha value is -5.20. The van der Waals surface area contributed by atoms with Crippen LogP contribution in [0.25, 0.3) is 0 Å². The number of nitriles is 1. The zero-order valence-electron chi connectivity index (χ0n) is 35.9. The van der Waals surface area contributed by atoms with Gasteiger partial charge in [-0.25, -0.2) is 9.97 Å². The van der Waals surface area contributed by atoms with E-state index in [0.717, 1.165) is 97.2 Å². The Balaban J connectivity index is 0.000000187. The van der Waals surface area contributed by atoms with E-state index in [-0.39, 0.29) is 41.7 Å². The van der Waals surface area contributed by atoms with E-state index in [4.69, 9.17) is 0 Å². The average molecular weight is 850 g/mol. The fourth-order valence-corrected chi connectivity index (χ4v) is 8.95. The lowest BCUT2D eigenvalue weighted by molar-refractivity contribution is -0.137. The van der Waals surface area contributed by atoms with Gasteiger partial charge in [-0.2, -0.15) is 18.4 Å². The smallest absolute Gasteiger partial charge is 0.297 e. The maximum absolute atomic E-state index is 13.6. The third kappa shape index (κ3) is 10.9. The molecule has 0 spiro atoms. The summed E-state index contributed by atoms with van der Waals surface area (Å²) in [6.07, 6.45) is 2.91. The topological polar surface area (TPSA) is 103 Å². The summed E-state index contributed by atoms with van der Waals surface area (Å²) >= 11 is 0. The zero-order chi connectivity index (χ0) is 43.7. The molecule has 4 fully saturated rings. The van der Waals surface area contributed by atoms with Gasteiger partial charge in [0.25, 0.3) is 0 Å². The second kappa shape index (κ2) is 19.9. The van der Waals surface area contributed by atoms with Gasteiger partial charge in [-0.3, -0.25) is 39.0 Å². The maximum atomic E-state index is 13.6. The van der Waals surface area contributed by atoms with Crippen LogP contribution in [0.2, 0.25) is 0 Å². The molecule has 0 N–H and O–H groups in total. The van der Waals surface area contributed by atoms with E-state index >= 15 is 0 Å². The Morgan fingerprint density at radius 1 is 0.629 bits per heavy atom. The van der Waals surface area contributed by atoms with Gasteiger partial charge in [-0.05, 0) is 61.1 Å². The van der Waals surface area contributed by atoms with Gasteiger partial charge >= 0.3 is 6.18 Å². The van der Waals surface area contributed by atoms with E-state index < -0.39 is 11.7 Å². The van der Waals surface area contributed by atoms with Gasteiger partial charge < -0.3 is 0 Å². The van der Waals surface area contributed by atoms with Crippen LogP contribution in [0.4, 0.5) is 24.8 Å². The molecule has 4 aliphatic rings. The van der Waals surface area contributed by atoms with Crippen molar-refractivity contribution in [2.24, 2.45) is 0 Å². The lowest BCUT2D eigenvalue weighted by Gasteiger charge is -2.41. The number of benzene rings is 2. The van der Waals surface area contributed by atoms with Crippen LogP contribution in [0.3, 0.4) is 0 Å². The molecule has 8 rings (SSSR count). The van der Waals surface area contributed by atoms with Crippen molar-refractivity contribution >= 4 is 23.5 Å². The van der Waals surface area contributed by atoms with Crippen molar-refractivity contribution in [3.63, 3.8) is 0 Å². The molecule has 0 unspecified atom stereocenters. The molecule has 2 aromatic heterocycles. The Morgan fingerprint density at radius 2 is 1.05 bits per heavy atom. The Kier molecular flexibility index (Phi) is 14.4. The average Bonchev–Trinajstić information content (AvgIpc) is 4.26. The number of amides is 2. The zero-order valence-corrected chi connectivity index (χ0v) is 35.9. The van der Waals surface area contributed by atoms with E-state index in [1.807, 2.05) is 25.1 Å². The van der Waals surface area contributed by atoms with Crippen molar-refractivity contribution in [3.05, 3.63) is 120 Å². The molecule has 2 saturated heterocycles. The molecular weight excluding hydrogens is 792 g/mol. The molecule has 2 aromatic carbocycles. The van der Waals surface area contributed by atoms with Crippen molar-refractivity contribution in [1.29, 1.82) is 5.26 Å². The minimum atomic E-state index is -4.56. The molecule has 2 amide bonds. The predicted molar refractivity (Wildman–Crippen MR) is 234 cm³/mol. The summed E-state index contributed by atoms with van der Waals surface area (Å²) in [5.74, 6) is -0.0796. The number of piperazine rings is 2. The minimum Gasteiger partial charge on any atom is -0.297 e. The third-order valence-electron chi connectivity index (χ3n) is 12.9. The van der Waals surface area contributed by atoms with Crippen molar-refractivity contribution in [3.8, 4) is 6.07 Å². The van der Waals surface area contributed by atoms with Crippen LogP contribution in [0.15, 0.2) is 97.3 Å². The monoisotopic (exact) mass is 849 g/mol. The molecule has 2 aliphatic carbocycles. The predicted octanol–water partition coefficient (Wildman–Crippen LogP) is 7.24. The number of nitrogens with zero attached hydrogens (tertiary/aromatic N) is 9. The Morgan fingerprint density at radius 3 is 1.45 bits per heavy atom. The maximum Gasteiger partial charge on any atom is 0.419 e. The number of carbonyl (C=O) groups is 2. The highest BCUT2D eigenvalue weighted by molar-refractivity contribution is 5.94. The van der Waals surface area contributed by atoms with Crippen LogP contribution in [0, 0.1) is 11.3 Å². The SMILES string of the molecule is CCC(=O)N(CC1(N2CCN(Cc3ccccc3)CC2)CC1)c1ncccc1C#N.CCC(=O)N(CC1(N2CCN(Cc3ccccc3)CC2)CC1)c1ncccc1C(F)(F)F. The van der Waals surface area contributed by atoms with E-state index in [9.17, 15) is 28.0 Å². The van der Waals surface area contributed by atoms with E-state index in [1.165, 1.54) is 28.3 Å². The summed E-state index contributed by atoms with van der Waals surface area (Å²) in [6, 6.07) is 28.9. The normalized spacial score (nSPS) is 18.8. The number of carbonyl (C=O) groups excluding carboxylic acids is 2. The highest BCUT2D eigenvalue weighted by Crippen LogP contribution is 2.46. The summed E-state index contributed by atoms with van der Waals surface area (Å²) in [4.78, 5) is 46.7. The van der Waals surface area contributed by atoms with Gasteiger partial charge in [0.05, 0.1) is 11.1 Å². The van der Waals surface area contributed by atoms with Gasteiger partial charge in [0.2, 0.25) is 11.8 Å². The van der Waals surface area contributed by atoms with E-state index in [2.05, 4.69) is 78.1 Å². The van der Waals surface area contributed by atoms with Gasteiger partial charge in [-0.1, -0.05) is 74.5 Å². The molecule has 2 saturated carbocycles. The molecule has 11 nitrogen and oxygen atoms in total. The standard InChI is InChI=1S/C24H29F3N4O.C24H29N5O/c1-2-21(32)31(22-20(24(25,26)27)9-6-12-28-22)18-23(10-11-23)30-15-13-29(14-16-30)17-19-7-4-3-5-8-19;1-2-22(30)29(23-21(17-25)9-6-12-26-23)19-24(10-11-24)28-15-13-27(14-16-28)18-20-7-4-3-5-8-20/h3-9,12H,2,10-11,13-18H2,1H3;3-9,12H,2,10-11,13-16,18-19H2,1H3. The second-order valence-corrected chi connectivity index (χ2v) is 17.0. The molecule has 0 radical (unpaired) electrons. The lowest BCUT2D eigenvalue weighted by atomic mass is 10.1. The van der Waals surface area contributed by atoms with E-state index in [1.54, 1.807) is 30.2 Å². The van der Waals surface area contributed by atoms with Crippen LogP contribution >= 0.6 is 0 Å². The Labute approximate surface area is 363 Å². The molecule has 62 heavy (non-hydrogen) atoms. The highest BCUT2D eigenvalue weighted by Gasteiger charge is 2.52. The van der Waals surface area contributed by atoms with Crippen LogP contribution in [0.1, 0.15) is 74.6 Å². The van der Waals surface area contributed by atoms with E-state index in [0.29, 0.717) is 24.3 Å². The Bertz CT molecular complexity index is 2140. The summed E-state index contributed by atoms with van der Waals surface area (Å²) in [5.41, 5.74) is 1.99. The lowest BCUT2D eigenvalue weighted by Crippen LogP contribution is -2.55. The summed E-state index contributed by atoms with van der Waals surface area (Å²) in [6.45, 7) is 13.9. The number of halogens is 3. The first kappa shape index (κ1) is 44.8. The molecule has 4 heterocycles. The number of pyridine rings is 2. The summed E-state index contributed by atoms with van der Waals surface area (Å²) in [5, 5.41) is 9.49. The van der Waals surface area contributed by atoms with Gasteiger partial charge in [0.1, 0.15) is 11.9 Å². The van der Waals surface area contributed by atoms with Gasteiger partial charge in [0.15, 0.2) is 5.82 Å². The third-order valence-corrected chi connectivity index (χ3v) is 12.9. The fraction of sp³-hybridized carbons (Fsp3) is 0.479.